The molecule has 0 bridgehead atoms. The van der Waals surface area contributed by atoms with Crippen molar-refractivity contribution in [3.8, 4) is 0 Å². The van der Waals surface area contributed by atoms with Crippen LogP contribution in [0.15, 0.2) is 41.8 Å². The van der Waals surface area contributed by atoms with Crippen molar-refractivity contribution in [2.75, 3.05) is 51.7 Å². The van der Waals surface area contributed by atoms with Gasteiger partial charge in [-0.1, -0.05) is 6.07 Å². The van der Waals surface area contributed by atoms with Gasteiger partial charge in [0, 0.05) is 62.9 Å². The van der Waals surface area contributed by atoms with Gasteiger partial charge < -0.3 is 14.9 Å². The van der Waals surface area contributed by atoms with Crippen LogP contribution < -0.4 is 4.90 Å². The van der Waals surface area contributed by atoms with E-state index in [-0.39, 0.29) is 5.91 Å². The van der Waals surface area contributed by atoms with E-state index in [0.29, 0.717) is 19.6 Å². The van der Waals surface area contributed by atoms with Gasteiger partial charge in [-0.3, -0.25) is 9.69 Å². The Morgan fingerprint density at radius 2 is 1.84 bits per heavy atom. The van der Waals surface area contributed by atoms with Gasteiger partial charge >= 0.3 is 0 Å². The second-order valence-corrected chi connectivity index (χ2v) is 7.54. The highest BCUT2D eigenvalue weighted by Gasteiger charge is 2.24. The Kier molecular flexibility index (Phi) is 5.73. The van der Waals surface area contributed by atoms with E-state index in [1.807, 2.05) is 65.7 Å². The zero-order valence-electron chi connectivity index (χ0n) is 14.8. The molecule has 25 heavy (non-hydrogen) atoms. The predicted octanol–water partition coefficient (Wildman–Crippen LogP) is 2.31. The van der Waals surface area contributed by atoms with Crippen molar-refractivity contribution in [3.05, 3.63) is 52.2 Å². The third-order valence-corrected chi connectivity index (χ3v) is 5.57. The maximum absolute atomic E-state index is 12.6. The molecule has 2 heterocycles. The molecule has 0 radical (unpaired) electrons. The topological polar surface area (TPSA) is 47.0 Å². The summed E-state index contributed by atoms with van der Waals surface area (Å²) in [4.78, 5) is 19.8. The average Bonchev–Trinajstić information content (AvgIpc) is 3.17. The molecule has 1 N–H and O–H groups in total. The second-order valence-electron chi connectivity index (χ2n) is 6.57. The minimum absolute atomic E-state index is 0.0868. The summed E-state index contributed by atoms with van der Waals surface area (Å²) in [5.74, 6) is 0.0868. The Bertz CT molecular complexity index is 677. The fourth-order valence-electron chi connectivity index (χ4n) is 3.03. The summed E-state index contributed by atoms with van der Waals surface area (Å²) >= 11 is 1.58. The summed E-state index contributed by atoms with van der Waals surface area (Å²) in [6.45, 7) is 3.62. The fraction of sp³-hybridized carbons (Fsp3) is 0.421. The monoisotopic (exact) mass is 359 g/mol. The molecule has 0 spiro atoms. The first-order valence-electron chi connectivity index (χ1n) is 8.55. The lowest BCUT2D eigenvalue weighted by molar-refractivity contribution is 0.0533. The molecule has 1 aromatic heterocycles. The Hall–Kier alpha value is -1.89. The van der Waals surface area contributed by atoms with Crippen LogP contribution in [0, 0.1) is 0 Å². The Balaban J connectivity index is 1.52. The first kappa shape index (κ1) is 17.9. The van der Waals surface area contributed by atoms with E-state index in [9.17, 15) is 9.90 Å². The molecule has 0 saturated carbocycles. The lowest BCUT2D eigenvalue weighted by Crippen LogP contribution is -2.49. The van der Waals surface area contributed by atoms with Gasteiger partial charge in [0.15, 0.2) is 0 Å². The summed E-state index contributed by atoms with van der Waals surface area (Å²) < 4.78 is 0. The minimum atomic E-state index is -0.444. The van der Waals surface area contributed by atoms with E-state index in [1.165, 1.54) is 0 Å². The number of rotatable bonds is 5. The van der Waals surface area contributed by atoms with E-state index in [1.54, 1.807) is 11.3 Å². The Morgan fingerprint density at radius 1 is 1.16 bits per heavy atom. The molecule has 3 rings (SSSR count). The molecule has 1 aliphatic rings. The molecule has 1 amide bonds. The SMILES string of the molecule is CN(C)c1ccc(C(=O)N2CCN(CC(O)c3cccs3)CC2)cc1. The number of β-amino-alcohol motifs (C(OH)–C–C–N with tert-alkyl or cyclic N) is 1. The largest absolute Gasteiger partial charge is 0.386 e. The summed E-state index contributed by atoms with van der Waals surface area (Å²) in [7, 11) is 3.97. The summed E-state index contributed by atoms with van der Waals surface area (Å²) in [6.07, 6.45) is -0.444. The van der Waals surface area contributed by atoms with Crippen LogP contribution in [0.3, 0.4) is 0 Å². The number of piperazine rings is 1. The van der Waals surface area contributed by atoms with Crippen molar-refractivity contribution in [1.29, 1.82) is 0 Å². The number of hydrogen-bond donors (Lipinski definition) is 1. The van der Waals surface area contributed by atoms with Crippen molar-refractivity contribution >= 4 is 22.9 Å². The van der Waals surface area contributed by atoms with Crippen molar-refractivity contribution in [3.63, 3.8) is 0 Å². The molecule has 1 fully saturated rings. The molecule has 134 valence electrons. The smallest absolute Gasteiger partial charge is 0.253 e. The van der Waals surface area contributed by atoms with Crippen molar-refractivity contribution in [1.82, 2.24) is 9.80 Å². The van der Waals surface area contributed by atoms with Gasteiger partial charge in [0.2, 0.25) is 0 Å². The maximum atomic E-state index is 12.6. The number of benzene rings is 1. The molecule has 5 nitrogen and oxygen atoms in total. The van der Waals surface area contributed by atoms with Crippen LogP contribution >= 0.6 is 11.3 Å². The molecule has 1 unspecified atom stereocenters. The molecule has 6 heteroatoms. The molecule has 2 aromatic rings. The normalized spacial score (nSPS) is 16.7. The van der Waals surface area contributed by atoms with Gasteiger partial charge in [0.25, 0.3) is 5.91 Å². The van der Waals surface area contributed by atoms with Crippen molar-refractivity contribution < 1.29 is 9.90 Å². The van der Waals surface area contributed by atoms with Crippen LogP contribution in [-0.4, -0.2) is 67.6 Å². The Labute approximate surface area is 153 Å². The predicted molar refractivity (Wildman–Crippen MR) is 102 cm³/mol. The van der Waals surface area contributed by atoms with Gasteiger partial charge in [-0.15, -0.1) is 11.3 Å². The van der Waals surface area contributed by atoms with E-state index >= 15 is 0 Å². The third-order valence-electron chi connectivity index (χ3n) is 4.59. The molecule has 1 saturated heterocycles. The number of hydrogen-bond acceptors (Lipinski definition) is 5. The summed E-state index contributed by atoms with van der Waals surface area (Å²) in [5, 5.41) is 12.3. The average molecular weight is 359 g/mol. The molecular weight excluding hydrogens is 334 g/mol. The van der Waals surface area contributed by atoms with Crippen molar-refractivity contribution in [2.24, 2.45) is 0 Å². The van der Waals surface area contributed by atoms with E-state index in [0.717, 1.165) is 29.2 Å². The quantitative estimate of drug-likeness (QED) is 0.890. The number of carbonyl (C=O) groups is 1. The number of anilines is 1. The molecule has 0 aliphatic carbocycles. The first-order chi connectivity index (χ1) is 12.0. The first-order valence-corrected chi connectivity index (χ1v) is 9.43. The van der Waals surface area contributed by atoms with Crippen LogP contribution in [0.5, 0.6) is 0 Å². The van der Waals surface area contributed by atoms with Gasteiger partial charge in [-0.25, -0.2) is 0 Å². The minimum Gasteiger partial charge on any atom is -0.386 e. The number of aliphatic hydroxyl groups is 1. The third kappa shape index (κ3) is 4.39. The van der Waals surface area contributed by atoms with Gasteiger partial charge in [-0.05, 0) is 35.7 Å². The number of carbonyl (C=O) groups excluding carboxylic acids is 1. The lowest BCUT2D eigenvalue weighted by atomic mass is 10.1. The van der Waals surface area contributed by atoms with Gasteiger partial charge in [0.1, 0.15) is 6.10 Å². The molecule has 1 atom stereocenters. The lowest BCUT2D eigenvalue weighted by Gasteiger charge is -2.35. The zero-order chi connectivity index (χ0) is 17.8. The van der Waals surface area contributed by atoms with Crippen LogP contribution in [0.1, 0.15) is 21.3 Å². The number of nitrogens with zero attached hydrogens (tertiary/aromatic N) is 3. The van der Waals surface area contributed by atoms with Gasteiger partial charge in [-0.2, -0.15) is 0 Å². The molecule has 1 aromatic carbocycles. The highest BCUT2D eigenvalue weighted by molar-refractivity contribution is 7.10. The van der Waals surface area contributed by atoms with E-state index in [2.05, 4.69) is 4.90 Å². The van der Waals surface area contributed by atoms with Gasteiger partial charge in [0.05, 0.1) is 0 Å². The fourth-order valence-corrected chi connectivity index (χ4v) is 3.74. The maximum Gasteiger partial charge on any atom is 0.253 e. The highest BCUT2D eigenvalue weighted by Crippen LogP contribution is 2.21. The van der Waals surface area contributed by atoms with Crippen LogP contribution in [-0.2, 0) is 0 Å². The molecule has 1 aliphatic heterocycles. The highest BCUT2D eigenvalue weighted by atomic mass is 32.1. The summed E-state index contributed by atoms with van der Waals surface area (Å²) in [6, 6.07) is 11.7. The van der Waals surface area contributed by atoms with E-state index < -0.39 is 6.10 Å². The number of aliphatic hydroxyl groups excluding tert-OH is 1. The van der Waals surface area contributed by atoms with E-state index in [4.69, 9.17) is 0 Å². The standard InChI is InChI=1S/C19H25N3O2S/c1-20(2)16-7-5-15(6-8-16)19(24)22-11-9-21(10-12-22)14-17(23)18-4-3-13-25-18/h3-8,13,17,23H,9-12,14H2,1-2H3. The zero-order valence-corrected chi connectivity index (χ0v) is 15.6. The Morgan fingerprint density at radius 3 is 2.40 bits per heavy atom. The van der Waals surface area contributed by atoms with Crippen LogP contribution in [0.4, 0.5) is 5.69 Å². The van der Waals surface area contributed by atoms with Crippen LogP contribution in [0.2, 0.25) is 0 Å². The second kappa shape index (κ2) is 7.99. The number of amides is 1. The number of thiophene rings is 1. The summed E-state index contributed by atoms with van der Waals surface area (Å²) in [5.41, 5.74) is 1.82. The van der Waals surface area contributed by atoms with Crippen LogP contribution in [0.25, 0.3) is 0 Å². The van der Waals surface area contributed by atoms with Crippen molar-refractivity contribution in [2.45, 2.75) is 6.10 Å². The molecular formula is C19H25N3O2S.